The Balaban J connectivity index is 2.86. The molecule has 0 aliphatic carbocycles. The lowest BCUT2D eigenvalue weighted by Gasteiger charge is -2.19. The van der Waals surface area contributed by atoms with Crippen molar-refractivity contribution >= 4 is 34.7 Å². The Morgan fingerprint density at radius 2 is 1.96 bits per heavy atom. The Morgan fingerprint density at radius 3 is 2.46 bits per heavy atom. The van der Waals surface area contributed by atoms with E-state index in [0.29, 0.717) is 11.8 Å². The molecule has 3 unspecified atom stereocenters. The molecule has 1 rings (SSSR count). The molecule has 0 bridgehead atoms. The predicted octanol–water partition coefficient (Wildman–Crippen LogP) is 0.326. The molecule has 128 valence electrons. The van der Waals surface area contributed by atoms with E-state index >= 15 is 0 Å². The van der Waals surface area contributed by atoms with Crippen LogP contribution >= 0.6 is 0 Å². The molecular weight excluding hydrogens is 334 g/mol. The number of rotatable bonds is 9. The van der Waals surface area contributed by atoms with Crippen LogP contribution in [0, 0.1) is 0 Å². The Labute approximate surface area is 141 Å². The number of carboxylic acid groups (broad SMARTS) is 1. The van der Waals surface area contributed by atoms with Crippen LogP contribution in [0.25, 0.3) is 5.53 Å². The number of nitrogens with zero attached hydrogens (tertiary/aromatic N) is 2. The van der Waals surface area contributed by atoms with Gasteiger partial charge < -0.3 is 16.0 Å². The van der Waals surface area contributed by atoms with Gasteiger partial charge in [0, 0.05) is 23.5 Å². The number of carbonyl (C=O) groups excluding carboxylic acids is 2. The monoisotopic (exact) mass is 351 g/mol. The summed E-state index contributed by atoms with van der Waals surface area (Å²) in [6.45, 7) is 0. The van der Waals surface area contributed by atoms with Gasteiger partial charge in [-0.3, -0.25) is 13.8 Å². The smallest absolute Gasteiger partial charge is 0.326 e. The second kappa shape index (κ2) is 9.49. The molecule has 9 heteroatoms. The Bertz CT molecular complexity index is 686. The fraction of sp³-hybridized carbons (Fsp3) is 0.333. The third kappa shape index (κ3) is 5.86. The molecule has 1 aromatic rings. The molecule has 2 N–H and O–H groups in total. The number of Topliss-reactive ketones (excluding diaryl/α,β-unsaturated/α-hetero) is 1. The van der Waals surface area contributed by atoms with Crippen molar-refractivity contribution in [3.63, 3.8) is 0 Å². The fourth-order valence-electron chi connectivity index (χ4n) is 2.04. The lowest BCUT2D eigenvalue weighted by molar-refractivity contribution is -0.142. The van der Waals surface area contributed by atoms with Crippen LogP contribution in [-0.4, -0.2) is 50.3 Å². The maximum absolute atomic E-state index is 12.4. The van der Waals surface area contributed by atoms with Gasteiger partial charge in [0.25, 0.3) is 0 Å². The van der Waals surface area contributed by atoms with E-state index in [-0.39, 0.29) is 12.8 Å². The van der Waals surface area contributed by atoms with Gasteiger partial charge in [0.05, 0.1) is 0 Å². The number of carbonyl (C=O) groups is 3. The third-order valence-electron chi connectivity index (χ3n) is 3.17. The van der Waals surface area contributed by atoms with E-state index in [4.69, 9.17) is 5.53 Å². The summed E-state index contributed by atoms with van der Waals surface area (Å²) in [6, 6.07) is 7.05. The van der Waals surface area contributed by atoms with Crippen LogP contribution < -0.4 is 5.32 Å². The molecule has 1 amide bonds. The minimum absolute atomic E-state index is 0.177. The van der Waals surface area contributed by atoms with Gasteiger partial charge in [-0.05, 0) is 12.0 Å². The fourth-order valence-corrected chi connectivity index (χ4v) is 2.95. The topological polar surface area (TPSA) is 137 Å². The van der Waals surface area contributed by atoms with Gasteiger partial charge in [0.2, 0.25) is 11.7 Å². The zero-order valence-electron chi connectivity index (χ0n) is 12.9. The molecule has 8 nitrogen and oxygen atoms in total. The summed E-state index contributed by atoms with van der Waals surface area (Å²) in [7, 11) is -1.56. The van der Waals surface area contributed by atoms with E-state index in [0.717, 1.165) is 0 Å². The molecule has 0 spiro atoms. The summed E-state index contributed by atoms with van der Waals surface area (Å²) in [4.78, 5) is 37.4. The number of amides is 1. The quantitative estimate of drug-likeness (QED) is 0.375. The van der Waals surface area contributed by atoms with Gasteiger partial charge in [0.1, 0.15) is 11.3 Å². The van der Waals surface area contributed by atoms with E-state index < -0.39 is 39.8 Å². The number of hydrogen-bond donors (Lipinski definition) is 2. The summed E-state index contributed by atoms with van der Waals surface area (Å²) in [5.74, 6) is -2.58. The lowest BCUT2D eigenvalue weighted by atomic mass is 10.1. The van der Waals surface area contributed by atoms with E-state index in [9.17, 15) is 23.7 Å². The van der Waals surface area contributed by atoms with Crippen LogP contribution in [0.1, 0.15) is 23.7 Å². The molecule has 0 saturated carbocycles. The SMILES string of the molecule is CS(=O)C(C(=O)NC(CCC(=O)C=[N+]=[N-])C(=O)O)c1ccccc1. The van der Waals surface area contributed by atoms with E-state index in [1.165, 1.54) is 6.26 Å². The lowest BCUT2D eigenvalue weighted by Crippen LogP contribution is -2.44. The maximum Gasteiger partial charge on any atom is 0.326 e. The summed E-state index contributed by atoms with van der Waals surface area (Å²) >= 11 is 0. The Hall–Kier alpha value is -2.64. The highest BCUT2D eigenvalue weighted by atomic mass is 32.2. The van der Waals surface area contributed by atoms with Crippen molar-refractivity contribution < 1.29 is 28.5 Å². The highest BCUT2D eigenvalue weighted by Gasteiger charge is 2.29. The normalized spacial score (nSPS) is 13.9. The predicted molar refractivity (Wildman–Crippen MR) is 86.7 cm³/mol. The number of nitrogens with one attached hydrogen (secondary N) is 1. The number of carboxylic acids is 1. The molecule has 3 atom stereocenters. The summed E-state index contributed by atoms with van der Waals surface area (Å²) in [6.07, 6.45) is 1.62. The van der Waals surface area contributed by atoms with Crippen LogP contribution in [0.15, 0.2) is 30.3 Å². The van der Waals surface area contributed by atoms with Crippen molar-refractivity contribution in [2.24, 2.45) is 0 Å². The molecule has 0 aliphatic rings. The maximum atomic E-state index is 12.4. The molecule has 0 saturated heterocycles. The van der Waals surface area contributed by atoms with Gasteiger partial charge in [-0.25, -0.2) is 4.79 Å². The highest BCUT2D eigenvalue weighted by molar-refractivity contribution is 7.85. The summed E-state index contributed by atoms with van der Waals surface area (Å²) in [5, 5.41) is 10.5. The Kier molecular flexibility index (Phi) is 7.67. The first kappa shape index (κ1) is 19.4. The van der Waals surface area contributed by atoms with Crippen LogP contribution in [0.2, 0.25) is 0 Å². The molecule has 24 heavy (non-hydrogen) atoms. The Morgan fingerprint density at radius 1 is 1.33 bits per heavy atom. The molecule has 0 heterocycles. The van der Waals surface area contributed by atoms with Crippen molar-refractivity contribution in [3.8, 4) is 0 Å². The first-order chi connectivity index (χ1) is 11.4. The molecule has 0 aliphatic heterocycles. The van der Waals surface area contributed by atoms with Crippen molar-refractivity contribution in [2.45, 2.75) is 24.1 Å². The molecule has 0 radical (unpaired) electrons. The second-order valence-corrected chi connectivity index (χ2v) is 6.41. The first-order valence-corrected chi connectivity index (χ1v) is 8.59. The molecule has 1 aromatic carbocycles. The minimum Gasteiger partial charge on any atom is -0.480 e. The molecule has 0 fully saturated rings. The van der Waals surface area contributed by atoms with Crippen LogP contribution in [0.5, 0.6) is 0 Å². The van der Waals surface area contributed by atoms with Crippen molar-refractivity contribution in [1.82, 2.24) is 5.32 Å². The average molecular weight is 351 g/mol. The van der Waals surface area contributed by atoms with Gasteiger partial charge >= 0.3 is 12.2 Å². The second-order valence-electron chi connectivity index (χ2n) is 4.94. The van der Waals surface area contributed by atoms with E-state index in [1.54, 1.807) is 30.3 Å². The van der Waals surface area contributed by atoms with Crippen LogP contribution in [0.3, 0.4) is 0 Å². The number of hydrogen-bond acceptors (Lipinski definition) is 4. The van der Waals surface area contributed by atoms with E-state index in [1.807, 2.05) is 0 Å². The molecule has 0 aromatic heterocycles. The highest BCUT2D eigenvalue weighted by Crippen LogP contribution is 2.19. The number of aliphatic carboxylic acids is 1. The zero-order chi connectivity index (χ0) is 18.1. The number of benzene rings is 1. The van der Waals surface area contributed by atoms with Gasteiger partial charge in [0.15, 0.2) is 0 Å². The third-order valence-corrected chi connectivity index (χ3v) is 4.32. The number of ketones is 1. The van der Waals surface area contributed by atoms with Gasteiger partial charge in [-0.1, -0.05) is 30.3 Å². The largest absolute Gasteiger partial charge is 0.480 e. The van der Waals surface area contributed by atoms with Crippen LogP contribution in [-0.2, 0) is 25.2 Å². The minimum atomic E-state index is -1.56. The summed E-state index contributed by atoms with van der Waals surface area (Å²) in [5.41, 5.74) is 8.75. The summed E-state index contributed by atoms with van der Waals surface area (Å²) < 4.78 is 11.9. The zero-order valence-corrected chi connectivity index (χ0v) is 13.7. The van der Waals surface area contributed by atoms with Crippen LogP contribution in [0.4, 0.5) is 0 Å². The van der Waals surface area contributed by atoms with Gasteiger partial charge in [-0.15, -0.1) is 0 Å². The van der Waals surface area contributed by atoms with Crippen molar-refractivity contribution in [3.05, 3.63) is 41.4 Å². The van der Waals surface area contributed by atoms with E-state index in [2.05, 4.69) is 10.1 Å². The van der Waals surface area contributed by atoms with Crippen molar-refractivity contribution in [2.75, 3.05) is 6.26 Å². The standard InChI is InChI=1S/C15H17N3O5S/c1-24(23)13(10-5-3-2-4-6-10)14(20)18-12(15(21)22)8-7-11(19)9-17-16/h2-6,9,12-13H,7-8H2,1H3,(H,18,20)(H,21,22). The average Bonchev–Trinajstić information content (AvgIpc) is 2.52. The van der Waals surface area contributed by atoms with Gasteiger partial charge in [-0.2, -0.15) is 4.79 Å². The molecular formula is C15H17N3O5S. The first-order valence-electron chi connectivity index (χ1n) is 6.97. The van der Waals surface area contributed by atoms with Crippen molar-refractivity contribution in [1.29, 1.82) is 0 Å².